The summed E-state index contributed by atoms with van der Waals surface area (Å²) in [6.45, 7) is 6.10. The fraction of sp³-hybridized carbons (Fsp3) is 0.333. The molecule has 6 nitrogen and oxygen atoms in total. The molecule has 0 unspecified atom stereocenters. The molecule has 0 N–H and O–H groups in total. The predicted octanol–water partition coefficient (Wildman–Crippen LogP) is 4.30. The van der Waals surface area contributed by atoms with Crippen molar-refractivity contribution in [3.8, 4) is 11.5 Å². The minimum absolute atomic E-state index is 0.144. The third-order valence-electron chi connectivity index (χ3n) is 4.03. The van der Waals surface area contributed by atoms with Crippen LogP contribution in [0.2, 0.25) is 5.02 Å². The highest BCUT2D eigenvalue weighted by Crippen LogP contribution is 2.22. The number of benzene rings is 2. The number of aromatic nitrogens is 1. The number of thiazole rings is 1. The monoisotopic (exact) mass is 434 g/mol. The van der Waals surface area contributed by atoms with Crippen LogP contribution in [0.5, 0.6) is 11.5 Å². The van der Waals surface area contributed by atoms with Crippen molar-refractivity contribution in [1.82, 2.24) is 4.57 Å². The highest BCUT2D eigenvalue weighted by Gasteiger charge is 2.09. The molecule has 3 rings (SSSR count). The summed E-state index contributed by atoms with van der Waals surface area (Å²) in [5.74, 6) is 0.987. The quantitative estimate of drug-likeness (QED) is 0.471. The fourth-order valence-electron chi connectivity index (χ4n) is 2.73. The van der Waals surface area contributed by atoms with Crippen LogP contribution < -0.4 is 14.3 Å². The normalized spacial score (nSPS) is 11.8. The van der Waals surface area contributed by atoms with Gasteiger partial charge in [0.25, 0.3) is 5.91 Å². The molecule has 0 fully saturated rings. The number of carbonyl (C=O) groups is 1. The van der Waals surface area contributed by atoms with Crippen molar-refractivity contribution in [3.63, 3.8) is 0 Å². The molecular weight excluding hydrogens is 412 g/mol. The Morgan fingerprint density at radius 1 is 1.07 bits per heavy atom. The van der Waals surface area contributed by atoms with Crippen molar-refractivity contribution < 1.29 is 19.0 Å². The van der Waals surface area contributed by atoms with Crippen molar-refractivity contribution in [3.05, 3.63) is 52.3 Å². The molecule has 0 radical (unpaired) electrons. The van der Waals surface area contributed by atoms with Gasteiger partial charge in [-0.3, -0.25) is 4.79 Å². The fourth-order valence-corrected chi connectivity index (χ4v) is 4.08. The van der Waals surface area contributed by atoms with E-state index in [9.17, 15) is 4.79 Å². The van der Waals surface area contributed by atoms with Gasteiger partial charge >= 0.3 is 0 Å². The average molecular weight is 435 g/mol. The van der Waals surface area contributed by atoms with E-state index in [1.54, 1.807) is 24.3 Å². The van der Waals surface area contributed by atoms with Gasteiger partial charge in [-0.1, -0.05) is 22.9 Å². The number of hydrogen-bond donors (Lipinski definition) is 0. The molecule has 1 amide bonds. The standard InChI is InChI=1S/C21H23ClN2O4S/c1-3-26-12-11-24-18-10-5-15(22)13-19(18)29-21(24)23-20(25)14-28-17-8-6-16(7-9-17)27-4-2/h5-10,13H,3-4,11-12,14H2,1-2H3. The average Bonchev–Trinajstić information content (AvgIpc) is 3.04. The highest BCUT2D eigenvalue weighted by molar-refractivity contribution is 7.16. The molecule has 0 saturated heterocycles. The van der Waals surface area contributed by atoms with Crippen LogP contribution in [0.3, 0.4) is 0 Å². The van der Waals surface area contributed by atoms with Crippen LogP contribution in [-0.4, -0.2) is 36.9 Å². The Bertz CT molecular complexity index is 1030. The van der Waals surface area contributed by atoms with Gasteiger partial charge < -0.3 is 18.8 Å². The largest absolute Gasteiger partial charge is 0.494 e. The number of nitrogens with zero attached hydrogens (tertiary/aromatic N) is 2. The minimum atomic E-state index is -0.360. The molecule has 0 aliphatic heterocycles. The number of carbonyl (C=O) groups excluding carboxylic acids is 1. The summed E-state index contributed by atoms with van der Waals surface area (Å²) in [4.78, 5) is 17.3. The van der Waals surface area contributed by atoms with E-state index >= 15 is 0 Å². The van der Waals surface area contributed by atoms with E-state index < -0.39 is 0 Å². The number of amides is 1. The summed E-state index contributed by atoms with van der Waals surface area (Å²) in [6, 6.07) is 12.8. The van der Waals surface area contributed by atoms with E-state index in [0.717, 1.165) is 16.0 Å². The smallest absolute Gasteiger partial charge is 0.286 e. The first kappa shape index (κ1) is 21.4. The van der Waals surface area contributed by atoms with Gasteiger partial charge in [-0.05, 0) is 56.3 Å². The van der Waals surface area contributed by atoms with Gasteiger partial charge in [0.05, 0.1) is 23.4 Å². The third-order valence-corrected chi connectivity index (χ3v) is 5.30. The summed E-state index contributed by atoms with van der Waals surface area (Å²) in [6.07, 6.45) is 0. The van der Waals surface area contributed by atoms with Crippen LogP contribution in [-0.2, 0) is 16.1 Å². The van der Waals surface area contributed by atoms with Gasteiger partial charge in [0.2, 0.25) is 0 Å². The number of halogens is 1. The molecule has 8 heteroatoms. The highest BCUT2D eigenvalue weighted by atomic mass is 35.5. The Morgan fingerprint density at radius 2 is 1.79 bits per heavy atom. The molecule has 3 aromatic rings. The lowest BCUT2D eigenvalue weighted by Crippen LogP contribution is -2.21. The zero-order valence-electron chi connectivity index (χ0n) is 16.4. The molecule has 1 aromatic heterocycles. The summed E-state index contributed by atoms with van der Waals surface area (Å²) in [5.41, 5.74) is 0.970. The van der Waals surface area contributed by atoms with E-state index in [4.69, 9.17) is 25.8 Å². The molecule has 0 bridgehead atoms. The lowest BCUT2D eigenvalue weighted by molar-refractivity contribution is -0.120. The Balaban J connectivity index is 1.76. The van der Waals surface area contributed by atoms with Crippen molar-refractivity contribution >= 4 is 39.1 Å². The van der Waals surface area contributed by atoms with Gasteiger partial charge in [-0.2, -0.15) is 4.99 Å². The van der Waals surface area contributed by atoms with E-state index in [-0.39, 0.29) is 12.5 Å². The summed E-state index contributed by atoms with van der Waals surface area (Å²) < 4.78 is 19.4. The van der Waals surface area contributed by atoms with Crippen molar-refractivity contribution in [1.29, 1.82) is 0 Å². The molecule has 29 heavy (non-hydrogen) atoms. The predicted molar refractivity (Wildman–Crippen MR) is 115 cm³/mol. The van der Waals surface area contributed by atoms with Gasteiger partial charge in [0, 0.05) is 18.2 Å². The van der Waals surface area contributed by atoms with E-state index in [0.29, 0.717) is 41.9 Å². The number of hydrogen-bond acceptors (Lipinski definition) is 5. The summed E-state index contributed by atoms with van der Waals surface area (Å²) in [7, 11) is 0. The Morgan fingerprint density at radius 3 is 2.48 bits per heavy atom. The first-order valence-electron chi connectivity index (χ1n) is 9.40. The SMILES string of the molecule is CCOCCn1c(=NC(=O)COc2ccc(OCC)cc2)sc2cc(Cl)ccc21. The molecule has 1 heterocycles. The van der Waals surface area contributed by atoms with Crippen molar-refractivity contribution in [2.24, 2.45) is 4.99 Å². The van der Waals surface area contributed by atoms with Gasteiger partial charge in [0.15, 0.2) is 11.4 Å². The first-order chi connectivity index (χ1) is 14.1. The number of fused-ring (bicyclic) bond motifs is 1. The molecule has 154 valence electrons. The first-order valence-corrected chi connectivity index (χ1v) is 10.6. The van der Waals surface area contributed by atoms with E-state index in [1.165, 1.54) is 11.3 Å². The summed E-state index contributed by atoms with van der Waals surface area (Å²) >= 11 is 7.52. The molecule has 0 atom stereocenters. The maximum atomic E-state index is 12.4. The third kappa shape index (κ3) is 5.82. The lowest BCUT2D eigenvalue weighted by Gasteiger charge is -2.06. The van der Waals surface area contributed by atoms with Crippen LogP contribution in [0.25, 0.3) is 10.2 Å². The summed E-state index contributed by atoms with van der Waals surface area (Å²) in [5, 5.41) is 0.646. The Kier molecular flexibility index (Phi) is 7.69. The van der Waals surface area contributed by atoms with Gasteiger partial charge in [-0.25, -0.2) is 0 Å². The lowest BCUT2D eigenvalue weighted by atomic mass is 10.3. The second-order valence-electron chi connectivity index (χ2n) is 6.04. The number of ether oxygens (including phenoxy) is 3. The zero-order valence-corrected chi connectivity index (χ0v) is 18.0. The maximum Gasteiger partial charge on any atom is 0.286 e. The molecule has 0 spiro atoms. The molecule has 0 aliphatic carbocycles. The van der Waals surface area contributed by atoms with E-state index in [2.05, 4.69) is 4.99 Å². The van der Waals surface area contributed by atoms with Crippen LogP contribution in [0.15, 0.2) is 47.5 Å². The van der Waals surface area contributed by atoms with Crippen LogP contribution in [0, 0.1) is 0 Å². The van der Waals surface area contributed by atoms with Crippen LogP contribution in [0.4, 0.5) is 0 Å². The Labute approximate surface area is 178 Å². The van der Waals surface area contributed by atoms with Gasteiger partial charge in [-0.15, -0.1) is 0 Å². The maximum absolute atomic E-state index is 12.4. The van der Waals surface area contributed by atoms with Crippen LogP contribution in [0.1, 0.15) is 13.8 Å². The topological polar surface area (TPSA) is 62.1 Å². The molecule has 2 aromatic carbocycles. The van der Waals surface area contributed by atoms with E-state index in [1.807, 2.05) is 36.6 Å². The van der Waals surface area contributed by atoms with Crippen molar-refractivity contribution in [2.75, 3.05) is 26.4 Å². The van der Waals surface area contributed by atoms with Gasteiger partial charge in [0.1, 0.15) is 11.5 Å². The second-order valence-corrected chi connectivity index (χ2v) is 7.49. The minimum Gasteiger partial charge on any atom is -0.494 e. The molecule has 0 saturated carbocycles. The molecular formula is C21H23ClN2O4S. The van der Waals surface area contributed by atoms with Crippen molar-refractivity contribution in [2.45, 2.75) is 20.4 Å². The van der Waals surface area contributed by atoms with Crippen LogP contribution >= 0.6 is 22.9 Å². The second kappa shape index (κ2) is 10.4. The molecule has 0 aliphatic rings. The number of rotatable bonds is 9. The zero-order chi connectivity index (χ0) is 20.6. The Hall–Kier alpha value is -2.35.